The van der Waals surface area contributed by atoms with Crippen LogP contribution >= 0.6 is 11.6 Å². The Morgan fingerprint density at radius 2 is 0.680 bits per heavy atom. The second-order valence-corrected chi connectivity index (χ2v) is 32.1. The average Bonchev–Trinajstić information content (AvgIpc) is 1.60. The first-order chi connectivity index (χ1) is 71.4. The molecule has 13 aromatic carbocycles. The van der Waals surface area contributed by atoms with Crippen molar-refractivity contribution in [2.24, 2.45) is 10.2 Å². The second kappa shape index (κ2) is 48.0. The summed E-state index contributed by atoms with van der Waals surface area (Å²) in [5.74, 6) is 8.12. The van der Waals surface area contributed by atoms with Gasteiger partial charge in [0.25, 0.3) is 5.91 Å². The van der Waals surface area contributed by atoms with E-state index in [0.29, 0.717) is 194 Å². The van der Waals surface area contributed by atoms with Crippen molar-refractivity contribution < 1.29 is 119 Å². The molecule has 147 heavy (non-hydrogen) atoms. The number of rotatable bonds is 34. The molecule has 1 aliphatic rings. The van der Waals surface area contributed by atoms with Gasteiger partial charge in [0.15, 0.2) is 57.5 Å². The zero-order valence-electron chi connectivity index (χ0n) is 84.1. The van der Waals surface area contributed by atoms with Crippen LogP contribution < -0.4 is 94.7 Å². The largest absolute Gasteiger partial charge is 0.497 e. The van der Waals surface area contributed by atoms with Crippen molar-refractivity contribution in [3.63, 3.8) is 0 Å². The van der Waals surface area contributed by atoms with Gasteiger partial charge in [-0.05, 0) is 156 Å². The Kier molecular flexibility index (Phi) is 34.1. The summed E-state index contributed by atoms with van der Waals surface area (Å²) in [5, 5.41) is 32.1. The Morgan fingerprint density at radius 3 is 1.12 bits per heavy atom. The summed E-state index contributed by atoms with van der Waals surface area (Å²) in [6.07, 6.45) is 1.92. The van der Waals surface area contributed by atoms with Crippen LogP contribution in [0, 0.1) is 0 Å². The van der Waals surface area contributed by atoms with Crippen molar-refractivity contribution >= 4 is 102 Å². The van der Waals surface area contributed by atoms with Crippen LogP contribution in [0.5, 0.6) is 115 Å². The number of fused-ring (bicyclic) bond motifs is 5. The van der Waals surface area contributed by atoms with E-state index in [1.165, 1.54) is 104 Å². The van der Waals surface area contributed by atoms with Crippen LogP contribution in [0.2, 0.25) is 5.02 Å². The van der Waals surface area contributed by atoms with Gasteiger partial charge in [-0.1, -0.05) is 90.5 Å². The maximum absolute atomic E-state index is 13.8. The molecule has 1 N–H and O–H groups in total. The van der Waals surface area contributed by atoms with Crippen LogP contribution in [-0.2, 0) is 13.1 Å². The Hall–Kier alpha value is -18.3. The minimum atomic E-state index is -0.399. The van der Waals surface area contributed by atoms with Crippen LogP contribution in [-0.4, -0.2) is 211 Å². The average molecular weight is 2010 g/mol. The molecule has 0 atom stereocenters. The fourth-order valence-electron chi connectivity index (χ4n) is 16.2. The van der Waals surface area contributed by atoms with Crippen LogP contribution in [0.4, 0.5) is 5.69 Å². The lowest BCUT2D eigenvalue weighted by Gasteiger charge is -2.14. The second-order valence-electron chi connectivity index (χ2n) is 31.7. The van der Waals surface area contributed by atoms with Crippen molar-refractivity contribution in [1.82, 2.24) is 39.5 Å². The van der Waals surface area contributed by atoms with Gasteiger partial charge in [-0.3, -0.25) is 38.4 Å². The predicted molar refractivity (Wildman–Crippen MR) is 553 cm³/mol. The molecule has 5 heterocycles. The minimum Gasteiger partial charge on any atom is -0.497 e. The van der Waals surface area contributed by atoms with Gasteiger partial charge in [0.1, 0.15) is 62.1 Å². The molecule has 0 saturated carbocycles. The number of ketones is 4. The van der Waals surface area contributed by atoms with Crippen LogP contribution in [0.15, 0.2) is 247 Å². The fourth-order valence-corrected chi connectivity index (χ4v) is 16.5. The zero-order chi connectivity index (χ0) is 105. The van der Waals surface area contributed by atoms with E-state index in [0.717, 1.165) is 55.7 Å². The molecule has 18 rings (SSSR count). The maximum Gasteiger partial charge on any atom is 0.278 e. The van der Waals surface area contributed by atoms with Gasteiger partial charge in [-0.2, -0.15) is 25.1 Å². The molecular formula is C111H105ClN10O25. The normalized spacial score (nSPS) is 11.2. The lowest BCUT2D eigenvalue weighted by atomic mass is 10.0. The van der Waals surface area contributed by atoms with Gasteiger partial charge < -0.3 is 94.7 Å². The first-order valence-corrected chi connectivity index (χ1v) is 45.4. The Balaban J connectivity index is 0.000000146. The number of nitrogens with zero attached hydrogens (tertiary/aromatic N) is 9. The van der Waals surface area contributed by atoms with Crippen molar-refractivity contribution in [3.8, 4) is 115 Å². The molecule has 0 radical (unpaired) electrons. The first kappa shape index (κ1) is 105. The number of ether oxygens (including phenoxy) is 20. The molecule has 4 aromatic heterocycles. The van der Waals surface area contributed by atoms with E-state index >= 15 is 0 Å². The first-order valence-electron chi connectivity index (χ1n) is 45.0. The molecule has 17 aromatic rings. The van der Waals surface area contributed by atoms with E-state index in [1.807, 2.05) is 144 Å². The quantitative estimate of drug-likeness (QED) is 0.0366. The molecule has 36 heteroatoms. The number of carbonyl (C=O) groups is 5. The van der Waals surface area contributed by atoms with Gasteiger partial charge in [-0.25, -0.2) is 0 Å². The summed E-state index contributed by atoms with van der Waals surface area (Å²) >= 11 is 6.27. The smallest absolute Gasteiger partial charge is 0.278 e. The fraction of sp³-hybridized carbons (Fsp3) is 0.198. The number of hydrogen-bond donors (Lipinski definition) is 1. The van der Waals surface area contributed by atoms with Crippen LogP contribution in [0.3, 0.4) is 0 Å². The monoisotopic (exact) mass is 2010 g/mol. The molecule has 0 aliphatic carbocycles. The van der Waals surface area contributed by atoms with Crippen LogP contribution in [0.25, 0.3) is 55.4 Å². The van der Waals surface area contributed by atoms with E-state index in [9.17, 15) is 24.0 Å². The molecule has 35 nitrogen and oxygen atoms in total. The van der Waals surface area contributed by atoms with Crippen LogP contribution in [0.1, 0.15) is 96.8 Å². The number of halogens is 1. The summed E-state index contributed by atoms with van der Waals surface area (Å²) < 4.78 is 112. The van der Waals surface area contributed by atoms with E-state index in [4.69, 9.17) is 111 Å². The molecule has 0 fully saturated rings. The number of benzene rings is 13. The van der Waals surface area contributed by atoms with Crippen molar-refractivity contribution in [3.05, 3.63) is 314 Å². The zero-order valence-corrected chi connectivity index (χ0v) is 84.9. The number of H-pyrrole nitrogens is 1. The Bertz CT molecular complexity index is 7640. The number of hydrogen-bond acceptors (Lipinski definition) is 31. The molecule has 0 amide bonds. The number of carbonyl (C=O) groups excluding carboxylic acids is 5. The lowest BCUT2D eigenvalue weighted by Crippen LogP contribution is -2.14. The van der Waals surface area contributed by atoms with Crippen molar-refractivity contribution in [1.29, 1.82) is 0 Å². The number of nitrogens with one attached hydrogen (secondary N) is 1. The highest BCUT2D eigenvalue weighted by Crippen LogP contribution is 2.47. The van der Waals surface area contributed by atoms with E-state index in [2.05, 4.69) is 30.6 Å². The van der Waals surface area contributed by atoms with E-state index in [-0.39, 0.29) is 34.5 Å². The predicted octanol–water partition coefficient (Wildman–Crippen LogP) is 20.5. The van der Waals surface area contributed by atoms with Crippen molar-refractivity contribution in [2.75, 3.05) is 142 Å². The van der Waals surface area contributed by atoms with E-state index in [1.54, 1.807) is 150 Å². The number of aromatic amines is 1. The topological polar surface area (TPSA) is 377 Å². The summed E-state index contributed by atoms with van der Waals surface area (Å²) in [6, 6.07) is 70.4. The van der Waals surface area contributed by atoms with Gasteiger partial charge in [-0.15, -0.1) is 10.2 Å². The highest BCUT2D eigenvalue weighted by molar-refractivity contribution is 6.37. The third kappa shape index (κ3) is 22.3. The highest BCUT2D eigenvalue weighted by atomic mass is 35.5. The molecule has 0 saturated heterocycles. The van der Waals surface area contributed by atoms with Crippen molar-refractivity contribution in [2.45, 2.75) is 13.1 Å². The summed E-state index contributed by atoms with van der Waals surface area (Å²) in [7, 11) is 30.7. The molecule has 756 valence electrons. The van der Waals surface area contributed by atoms with Gasteiger partial charge in [0, 0.05) is 79.2 Å². The summed E-state index contributed by atoms with van der Waals surface area (Å²) in [4.78, 5) is 67.1. The molecule has 0 spiro atoms. The van der Waals surface area contributed by atoms with Gasteiger partial charge in [0.2, 0.25) is 51.9 Å². The Labute approximate surface area is 850 Å². The Morgan fingerprint density at radius 1 is 0.313 bits per heavy atom. The molecule has 1 aliphatic heterocycles. The number of aromatic nitrogens is 8. The highest BCUT2D eigenvalue weighted by Gasteiger charge is 2.31. The number of azo groups is 1. The minimum absolute atomic E-state index is 0.117. The lowest BCUT2D eigenvalue weighted by molar-refractivity contribution is 0.0947. The standard InChI is InChI=1S/C25H22N2O6.2C25H24N2O5.C18H17ClN2O5.C18H18N2O4/c1-30-17-10-11-18-19(14-17)27(25(29)15-8-6-5-7-9-15)26-22(18)23(28)16-12-20(31-2)24(33-4)21(13-16)32-3;1-29-18-10-11-19-20(14-18)27(15-16-8-6-5-7-9-16)26-23(19)24(28)17-12-21(30-2)25(32-4)22(13-17)31-3;1-29-18-10-11-19-20(14-18)26-27(15-16-8-6-5-7-9-16)23(19)24(28)17-12-21(30-2)25(32-4)22(13-17)31-3;1-23-11-6-5-10-15(14(11)19)20-21-16(10)17(22)9-7-12(24-2)18(26-4)13(8-9)25-3;1-21-12-5-6-13-14(19-20-15(13)10-12)7-11-8-16(22-2)18(24-4)17(9-11)23-3/h5-14H,1-4H3;2*5-14H,15H2,1-4H3;5-8H,1-4H3,(H,20,21);5-10H,1-4H3/b;;;;14-7+. The third-order valence-corrected chi connectivity index (χ3v) is 23.9. The van der Waals surface area contributed by atoms with Gasteiger partial charge >= 0.3 is 0 Å². The maximum atomic E-state index is 13.8. The number of methoxy groups -OCH3 is 20. The molecule has 0 bridgehead atoms. The molecule has 0 unspecified atom stereocenters. The van der Waals surface area contributed by atoms with Gasteiger partial charge in [0.05, 0.1) is 183 Å². The van der Waals surface area contributed by atoms with E-state index < -0.39 is 5.78 Å². The SMILES string of the molecule is COc1cc(C(=O)c2[nH]nc3c(Cl)c(OC)ccc23)cc(OC)c1OC.COc1ccc2c(C(=O)c3cc(OC)c(OC)c(OC)c3)n(Cc3ccccc3)nc2c1.COc1ccc2c(C(=O)c3cc(OC)c(OC)c(OC)c3)nn(C(=O)c3ccccc3)c2c1.COc1ccc2c(C(=O)c3cc(OC)c(OC)c(OC)c3)nn(Cc3ccccc3)c2c1.COc1ccc2c(c1)N=N/C2=C/c1cc(OC)c(OC)c(OC)c1. The third-order valence-electron chi connectivity index (χ3n) is 23.5. The summed E-state index contributed by atoms with van der Waals surface area (Å²) in [5.41, 5.74) is 11.0. The molecular weight excluding hydrogens is 1910 g/mol. The summed E-state index contributed by atoms with van der Waals surface area (Å²) in [6.45, 7) is 0.969.